The summed E-state index contributed by atoms with van der Waals surface area (Å²) in [5, 5.41) is 0. The largest absolute Gasteiger partial charge is 0.447 e. The second kappa shape index (κ2) is 7.41. The predicted molar refractivity (Wildman–Crippen MR) is 110 cm³/mol. The van der Waals surface area contributed by atoms with E-state index in [1.165, 1.54) is 16.7 Å². The smallest absolute Gasteiger partial charge is 0.414 e. The Kier molecular flexibility index (Phi) is 4.96. The minimum Gasteiger partial charge on any atom is -0.447 e. The lowest BCUT2D eigenvalue weighted by Crippen LogP contribution is -2.34. The third-order valence-electron chi connectivity index (χ3n) is 5.60. The van der Waals surface area contributed by atoms with Crippen LogP contribution >= 0.6 is 0 Å². The lowest BCUT2D eigenvalue weighted by molar-refractivity contribution is 0.181. The van der Waals surface area contributed by atoms with E-state index in [1.807, 2.05) is 12.1 Å². The number of aromatic nitrogens is 2. The number of hydrogen-bond donors (Lipinski definition) is 0. The van der Waals surface area contributed by atoms with Crippen LogP contribution in [0.25, 0.3) is 0 Å². The zero-order valence-corrected chi connectivity index (χ0v) is 17.2. The topological polar surface area (TPSA) is 58.6 Å². The Morgan fingerprint density at radius 3 is 2.54 bits per heavy atom. The monoisotopic (exact) mass is 380 g/mol. The van der Waals surface area contributed by atoms with Gasteiger partial charge in [-0.05, 0) is 55.4 Å². The summed E-state index contributed by atoms with van der Waals surface area (Å²) in [7, 11) is 0. The molecule has 4 rings (SSSR count). The summed E-state index contributed by atoms with van der Waals surface area (Å²) in [6.45, 7) is 11.3. The molecule has 1 fully saturated rings. The number of rotatable bonds is 4. The summed E-state index contributed by atoms with van der Waals surface area (Å²) in [4.78, 5) is 25.6. The van der Waals surface area contributed by atoms with Crippen molar-refractivity contribution in [1.82, 2.24) is 9.97 Å². The van der Waals surface area contributed by atoms with Crippen LogP contribution in [0.15, 0.2) is 18.2 Å². The number of carbonyl (C=O) groups is 1. The Morgan fingerprint density at radius 1 is 1.14 bits per heavy atom. The molecular weight excluding hydrogens is 352 g/mol. The minimum atomic E-state index is -0.244. The van der Waals surface area contributed by atoms with Gasteiger partial charge in [-0.25, -0.2) is 14.8 Å². The van der Waals surface area contributed by atoms with Crippen LogP contribution in [0.4, 0.5) is 16.4 Å². The van der Waals surface area contributed by atoms with Crippen molar-refractivity contribution < 1.29 is 9.53 Å². The molecular formula is C22H28N4O2. The fourth-order valence-corrected chi connectivity index (χ4v) is 4.19. The lowest BCUT2D eigenvalue weighted by Gasteiger charge is -2.32. The first-order valence-electron chi connectivity index (χ1n) is 10.1. The molecule has 28 heavy (non-hydrogen) atoms. The first-order chi connectivity index (χ1) is 13.4. The van der Waals surface area contributed by atoms with E-state index in [1.54, 1.807) is 4.90 Å². The minimum absolute atomic E-state index is 0.244. The summed E-state index contributed by atoms with van der Waals surface area (Å²) < 4.78 is 5.12. The van der Waals surface area contributed by atoms with Crippen LogP contribution in [0.2, 0.25) is 0 Å². The van der Waals surface area contributed by atoms with Crippen molar-refractivity contribution in [3.8, 4) is 0 Å². The van der Waals surface area contributed by atoms with Gasteiger partial charge in [-0.15, -0.1) is 0 Å². The molecule has 2 aliphatic rings. The van der Waals surface area contributed by atoms with Crippen molar-refractivity contribution in [1.29, 1.82) is 0 Å². The average molecular weight is 380 g/mol. The van der Waals surface area contributed by atoms with E-state index in [0.717, 1.165) is 49.0 Å². The van der Waals surface area contributed by atoms with E-state index in [0.29, 0.717) is 19.1 Å². The normalized spacial score (nSPS) is 16.5. The van der Waals surface area contributed by atoms with Crippen LogP contribution < -0.4 is 9.80 Å². The van der Waals surface area contributed by atoms with Crippen LogP contribution in [0.1, 0.15) is 41.9 Å². The zero-order chi connectivity index (χ0) is 19.8. The van der Waals surface area contributed by atoms with Crippen LogP contribution in [-0.4, -0.2) is 35.8 Å². The molecule has 0 bridgehead atoms. The SMILES string of the molecule is Cc1nc(N2CCc3c(cccc3N3CCOC3=O)C2)nc(C)c1CC(C)C. The maximum atomic E-state index is 12.0. The molecule has 0 aliphatic carbocycles. The molecule has 0 unspecified atom stereocenters. The number of cyclic esters (lactones) is 1. The van der Waals surface area contributed by atoms with Gasteiger partial charge in [0.1, 0.15) is 6.61 Å². The Bertz CT molecular complexity index is 886. The Hall–Kier alpha value is -2.63. The van der Waals surface area contributed by atoms with Gasteiger partial charge in [0, 0.05) is 24.5 Å². The summed E-state index contributed by atoms with van der Waals surface area (Å²) in [6.07, 6.45) is 1.63. The molecule has 3 heterocycles. The van der Waals surface area contributed by atoms with Crippen LogP contribution in [-0.2, 0) is 24.1 Å². The summed E-state index contributed by atoms with van der Waals surface area (Å²) >= 11 is 0. The van der Waals surface area contributed by atoms with Crippen LogP contribution in [0.3, 0.4) is 0 Å². The first kappa shape index (κ1) is 18.7. The zero-order valence-electron chi connectivity index (χ0n) is 17.2. The molecule has 1 saturated heterocycles. The summed E-state index contributed by atoms with van der Waals surface area (Å²) in [5.41, 5.74) is 6.88. The molecule has 1 aromatic carbocycles. The van der Waals surface area contributed by atoms with E-state index in [9.17, 15) is 4.79 Å². The second-order valence-electron chi connectivity index (χ2n) is 8.12. The van der Waals surface area contributed by atoms with Gasteiger partial charge in [0.05, 0.1) is 12.2 Å². The number of aryl methyl sites for hydroxylation is 2. The first-order valence-corrected chi connectivity index (χ1v) is 10.1. The Balaban J connectivity index is 1.60. The second-order valence-corrected chi connectivity index (χ2v) is 8.12. The highest BCUT2D eigenvalue weighted by Gasteiger charge is 2.29. The van der Waals surface area contributed by atoms with Gasteiger partial charge in [-0.2, -0.15) is 0 Å². The summed E-state index contributed by atoms with van der Waals surface area (Å²) in [5.74, 6) is 1.39. The third-order valence-corrected chi connectivity index (χ3v) is 5.60. The van der Waals surface area contributed by atoms with Gasteiger partial charge >= 0.3 is 6.09 Å². The molecule has 6 heteroatoms. The van der Waals surface area contributed by atoms with Crippen molar-refractivity contribution >= 4 is 17.7 Å². The van der Waals surface area contributed by atoms with Gasteiger partial charge in [-0.1, -0.05) is 26.0 Å². The Labute approximate surface area is 166 Å². The number of ether oxygens (including phenoxy) is 1. The predicted octanol–water partition coefficient (Wildman–Crippen LogP) is 3.81. The molecule has 0 saturated carbocycles. The number of benzene rings is 1. The molecule has 1 amide bonds. The number of nitrogens with zero attached hydrogens (tertiary/aromatic N) is 4. The van der Waals surface area contributed by atoms with Gasteiger partial charge in [0.25, 0.3) is 0 Å². The summed E-state index contributed by atoms with van der Waals surface area (Å²) in [6, 6.07) is 6.18. The fraction of sp³-hybridized carbons (Fsp3) is 0.500. The number of hydrogen-bond acceptors (Lipinski definition) is 5. The van der Waals surface area contributed by atoms with Gasteiger partial charge in [0.2, 0.25) is 5.95 Å². The van der Waals surface area contributed by atoms with Crippen LogP contribution in [0, 0.1) is 19.8 Å². The molecule has 6 nitrogen and oxygen atoms in total. The Morgan fingerprint density at radius 2 is 1.89 bits per heavy atom. The van der Waals surface area contributed by atoms with Gasteiger partial charge in [0.15, 0.2) is 0 Å². The number of carbonyl (C=O) groups excluding carboxylic acids is 1. The highest BCUT2D eigenvalue weighted by molar-refractivity contribution is 5.90. The van der Waals surface area contributed by atoms with E-state index in [-0.39, 0.29) is 6.09 Å². The van der Waals surface area contributed by atoms with Gasteiger partial charge < -0.3 is 9.64 Å². The number of fused-ring (bicyclic) bond motifs is 1. The van der Waals surface area contributed by atoms with Crippen LogP contribution in [0.5, 0.6) is 0 Å². The van der Waals surface area contributed by atoms with Crippen molar-refractivity contribution in [2.75, 3.05) is 29.5 Å². The van der Waals surface area contributed by atoms with Crippen molar-refractivity contribution in [2.24, 2.45) is 5.92 Å². The molecule has 0 atom stereocenters. The van der Waals surface area contributed by atoms with E-state index < -0.39 is 0 Å². The maximum Gasteiger partial charge on any atom is 0.414 e. The molecule has 0 radical (unpaired) electrons. The highest BCUT2D eigenvalue weighted by atomic mass is 16.6. The molecule has 0 spiro atoms. The number of anilines is 2. The van der Waals surface area contributed by atoms with Crippen molar-refractivity contribution in [2.45, 2.75) is 47.1 Å². The molecule has 0 N–H and O–H groups in total. The van der Waals surface area contributed by atoms with Gasteiger partial charge in [-0.3, -0.25) is 4.90 Å². The van der Waals surface area contributed by atoms with Crippen molar-refractivity contribution in [3.05, 3.63) is 46.3 Å². The van der Waals surface area contributed by atoms with Crippen molar-refractivity contribution in [3.63, 3.8) is 0 Å². The highest BCUT2D eigenvalue weighted by Crippen LogP contribution is 2.32. The van der Waals surface area contributed by atoms with E-state index in [2.05, 4.69) is 38.7 Å². The molecule has 2 aliphatic heterocycles. The quantitative estimate of drug-likeness (QED) is 0.807. The lowest BCUT2D eigenvalue weighted by atomic mass is 9.97. The third kappa shape index (κ3) is 3.43. The standard InChI is InChI=1S/C22H28N4O2/c1-14(2)12-19-15(3)23-21(24-16(19)4)25-9-8-18-17(13-25)6-5-7-20(18)26-10-11-28-22(26)27/h5-7,14H,8-13H2,1-4H3. The van der Waals surface area contributed by atoms with E-state index in [4.69, 9.17) is 14.7 Å². The average Bonchev–Trinajstić information content (AvgIpc) is 3.09. The maximum absolute atomic E-state index is 12.0. The molecule has 148 valence electrons. The fourth-order valence-electron chi connectivity index (χ4n) is 4.19. The molecule has 2 aromatic rings. The molecule has 1 aromatic heterocycles. The van der Waals surface area contributed by atoms with E-state index >= 15 is 0 Å². The number of amides is 1.